The van der Waals surface area contributed by atoms with E-state index >= 15 is 0 Å². The predicted molar refractivity (Wildman–Crippen MR) is 72.6 cm³/mol. The smallest absolute Gasteiger partial charge is 0.376 e. The van der Waals surface area contributed by atoms with Crippen molar-refractivity contribution < 1.29 is 14.5 Å². The summed E-state index contributed by atoms with van der Waals surface area (Å²) in [5.74, 6) is -0.684. The molecule has 0 unspecified atom stereocenters. The summed E-state index contributed by atoms with van der Waals surface area (Å²) in [5, 5.41) is 13.5. The first-order valence-corrected chi connectivity index (χ1v) is 5.70. The SMILES string of the molecule is COC(=O)c1ccc(Nc2nc[nH]c(=O)c2[N+](=O)[O-])cc1. The van der Waals surface area contributed by atoms with Crippen LogP contribution in [0.5, 0.6) is 0 Å². The van der Waals surface area contributed by atoms with Crippen LogP contribution in [0, 0.1) is 10.1 Å². The number of carbonyl (C=O) groups excluding carboxylic acids is 1. The largest absolute Gasteiger partial charge is 0.465 e. The molecule has 0 aliphatic heterocycles. The monoisotopic (exact) mass is 290 g/mol. The Labute approximate surface area is 117 Å². The van der Waals surface area contributed by atoms with Crippen LogP contribution >= 0.6 is 0 Å². The molecule has 0 fully saturated rings. The van der Waals surface area contributed by atoms with Gasteiger partial charge in [0.25, 0.3) is 0 Å². The van der Waals surface area contributed by atoms with Gasteiger partial charge < -0.3 is 15.0 Å². The number of aromatic nitrogens is 2. The van der Waals surface area contributed by atoms with Gasteiger partial charge in [-0.25, -0.2) is 9.78 Å². The third kappa shape index (κ3) is 3.03. The summed E-state index contributed by atoms with van der Waals surface area (Å²) in [6.45, 7) is 0. The van der Waals surface area contributed by atoms with Crippen LogP contribution in [0.25, 0.3) is 0 Å². The number of nitrogens with zero attached hydrogens (tertiary/aromatic N) is 2. The Morgan fingerprint density at radius 2 is 2.05 bits per heavy atom. The van der Waals surface area contributed by atoms with Crippen molar-refractivity contribution in [2.75, 3.05) is 12.4 Å². The summed E-state index contributed by atoms with van der Waals surface area (Å²) in [6, 6.07) is 5.98. The number of hydrogen-bond acceptors (Lipinski definition) is 7. The van der Waals surface area contributed by atoms with E-state index < -0.39 is 22.1 Å². The molecule has 0 radical (unpaired) electrons. The van der Waals surface area contributed by atoms with Gasteiger partial charge in [0, 0.05) is 5.69 Å². The van der Waals surface area contributed by atoms with E-state index in [1.165, 1.54) is 31.4 Å². The first-order valence-electron chi connectivity index (χ1n) is 5.70. The Morgan fingerprint density at radius 1 is 1.38 bits per heavy atom. The fraction of sp³-hybridized carbons (Fsp3) is 0.0833. The number of methoxy groups -OCH3 is 1. The second kappa shape index (κ2) is 5.82. The Balaban J connectivity index is 2.31. The molecule has 1 aromatic heterocycles. The van der Waals surface area contributed by atoms with Crippen molar-refractivity contribution in [3.05, 3.63) is 56.6 Å². The van der Waals surface area contributed by atoms with Gasteiger partial charge in [-0.3, -0.25) is 14.9 Å². The van der Waals surface area contributed by atoms with Gasteiger partial charge >= 0.3 is 17.2 Å². The van der Waals surface area contributed by atoms with Crippen LogP contribution in [-0.4, -0.2) is 28.0 Å². The molecule has 0 aliphatic rings. The molecule has 9 heteroatoms. The van der Waals surface area contributed by atoms with Gasteiger partial charge in [-0.2, -0.15) is 0 Å². The number of carbonyl (C=O) groups is 1. The molecule has 2 N–H and O–H groups in total. The highest BCUT2D eigenvalue weighted by Crippen LogP contribution is 2.21. The highest BCUT2D eigenvalue weighted by Gasteiger charge is 2.20. The Kier molecular flexibility index (Phi) is 3.93. The maximum atomic E-state index is 11.4. The zero-order chi connectivity index (χ0) is 15.4. The summed E-state index contributed by atoms with van der Waals surface area (Å²) < 4.78 is 4.55. The van der Waals surface area contributed by atoms with E-state index in [-0.39, 0.29) is 5.82 Å². The summed E-state index contributed by atoms with van der Waals surface area (Å²) in [5.41, 5.74) is -0.779. The van der Waals surface area contributed by atoms with Crippen molar-refractivity contribution in [2.45, 2.75) is 0 Å². The highest BCUT2D eigenvalue weighted by molar-refractivity contribution is 5.89. The summed E-state index contributed by atoms with van der Waals surface area (Å²) in [7, 11) is 1.26. The zero-order valence-corrected chi connectivity index (χ0v) is 10.8. The van der Waals surface area contributed by atoms with Gasteiger partial charge in [0.1, 0.15) is 0 Å². The van der Waals surface area contributed by atoms with Crippen molar-refractivity contribution in [2.24, 2.45) is 0 Å². The molecule has 2 rings (SSSR count). The third-order valence-electron chi connectivity index (χ3n) is 2.58. The van der Waals surface area contributed by atoms with Crippen LogP contribution in [0.4, 0.5) is 17.2 Å². The maximum Gasteiger partial charge on any atom is 0.376 e. The average molecular weight is 290 g/mol. The molecule has 1 heterocycles. The second-order valence-corrected chi connectivity index (χ2v) is 3.88. The molecule has 0 aliphatic carbocycles. The van der Waals surface area contributed by atoms with E-state index in [1.54, 1.807) is 0 Å². The summed E-state index contributed by atoms with van der Waals surface area (Å²) in [4.78, 5) is 38.6. The Morgan fingerprint density at radius 3 is 2.62 bits per heavy atom. The van der Waals surface area contributed by atoms with Crippen LogP contribution in [0.15, 0.2) is 35.4 Å². The number of esters is 1. The van der Waals surface area contributed by atoms with E-state index in [0.717, 1.165) is 6.33 Å². The third-order valence-corrected chi connectivity index (χ3v) is 2.58. The molecule has 9 nitrogen and oxygen atoms in total. The molecule has 0 spiro atoms. The van der Waals surface area contributed by atoms with E-state index in [1.807, 2.05) is 0 Å². The molecule has 108 valence electrons. The van der Waals surface area contributed by atoms with Crippen molar-refractivity contribution in [1.82, 2.24) is 9.97 Å². The molecule has 0 amide bonds. The molecular formula is C12H10N4O5. The van der Waals surface area contributed by atoms with Gasteiger partial charge in [0.2, 0.25) is 5.82 Å². The Bertz CT molecular complexity index is 738. The normalized spacial score (nSPS) is 9.95. The fourth-order valence-corrected chi connectivity index (χ4v) is 1.60. The van der Waals surface area contributed by atoms with Gasteiger partial charge in [0.05, 0.1) is 23.9 Å². The average Bonchev–Trinajstić information content (AvgIpc) is 2.47. The number of rotatable bonds is 4. The quantitative estimate of drug-likeness (QED) is 0.492. The molecule has 2 aromatic rings. The number of anilines is 2. The van der Waals surface area contributed by atoms with E-state index in [0.29, 0.717) is 11.3 Å². The topological polar surface area (TPSA) is 127 Å². The van der Waals surface area contributed by atoms with Crippen molar-refractivity contribution >= 4 is 23.2 Å². The molecule has 0 atom stereocenters. The standard InChI is InChI=1S/C12H10N4O5/c1-21-12(18)7-2-4-8(5-3-7)15-10-9(16(19)20)11(17)14-6-13-10/h2-6H,1H3,(H2,13,14,15,17). The zero-order valence-electron chi connectivity index (χ0n) is 10.8. The molecule has 0 saturated heterocycles. The number of nitrogens with one attached hydrogen (secondary N) is 2. The minimum atomic E-state index is -0.858. The first kappa shape index (κ1) is 14.2. The predicted octanol–water partition coefficient (Wildman–Crippen LogP) is 1.21. The lowest BCUT2D eigenvalue weighted by Gasteiger charge is -2.06. The minimum Gasteiger partial charge on any atom is -0.465 e. The van der Waals surface area contributed by atoms with Crippen LogP contribution < -0.4 is 10.9 Å². The van der Waals surface area contributed by atoms with Crippen LogP contribution in [0.2, 0.25) is 0 Å². The lowest BCUT2D eigenvalue weighted by Crippen LogP contribution is -2.14. The number of benzene rings is 1. The van der Waals surface area contributed by atoms with Crippen LogP contribution in [-0.2, 0) is 4.74 Å². The maximum absolute atomic E-state index is 11.4. The molecule has 0 saturated carbocycles. The number of ether oxygens (including phenoxy) is 1. The Hall–Kier alpha value is -3.23. The molecular weight excluding hydrogens is 280 g/mol. The van der Waals surface area contributed by atoms with Crippen LogP contribution in [0.3, 0.4) is 0 Å². The van der Waals surface area contributed by atoms with E-state index in [2.05, 4.69) is 20.0 Å². The lowest BCUT2D eigenvalue weighted by molar-refractivity contribution is -0.385. The first-order chi connectivity index (χ1) is 10.0. The summed E-state index contributed by atoms with van der Waals surface area (Å²) >= 11 is 0. The second-order valence-electron chi connectivity index (χ2n) is 3.88. The number of aromatic amines is 1. The van der Waals surface area contributed by atoms with Crippen LogP contribution in [0.1, 0.15) is 10.4 Å². The van der Waals surface area contributed by atoms with Gasteiger partial charge in [-0.1, -0.05) is 0 Å². The van der Waals surface area contributed by atoms with E-state index in [9.17, 15) is 19.7 Å². The van der Waals surface area contributed by atoms with Crippen molar-refractivity contribution in [3.63, 3.8) is 0 Å². The van der Waals surface area contributed by atoms with Crippen molar-refractivity contribution in [1.29, 1.82) is 0 Å². The minimum absolute atomic E-state index is 0.186. The van der Waals surface area contributed by atoms with Gasteiger partial charge in [-0.15, -0.1) is 0 Å². The molecule has 1 aromatic carbocycles. The lowest BCUT2D eigenvalue weighted by atomic mass is 10.2. The van der Waals surface area contributed by atoms with E-state index in [4.69, 9.17) is 0 Å². The summed E-state index contributed by atoms with van der Waals surface area (Å²) in [6.07, 6.45) is 1.06. The number of H-pyrrole nitrogens is 1. The highest BCUT2D eigenvalue weighted by atomic mass is 16.6. The molecule has 0 bridgehead atoms. The van der Waals surface area contributed by atoms with Crippen molar-refractivity contribution in [3.8, 4) is 0 Å². The number of hydrogen-bond donors (Lipinski definition) is 2. The fourth-order valence-electron chi connectivity index (χ4n) is 1.60. The number of nitro groups is 1. The molecule has 21 heavy (non-hydrogen) atoms. The van der Waals surface area contributed by atoms with Gasteiger partial charge in [0.15, 0.2) is 0 Å². The van der Waals surface area contributed by atoms with Gasteiger partial charge in [-0.05, 0) is 24.3 Å².